The Labute approximate surface area is 123 Å². The molecule has 1 rings (SSSR count). The average molecular weight is 282 g/mol. The molecule has 0 aromatic carbocycles. The van der Waals surface area contributed by atoms with E-state index in [1.54, 1.807) is 0 Å². The fourth-order valence-corrected chi connectivity index (χ4v) is 2.59. The number of rotatable bonds is 11. The van der Waals surface area contributed by atoms with Gasteiger partial charge in [0.25, 0.3) is 0 Å². The van der Waals surface area contributed by atoms with Gasteiger partial charge < -0.3 is 9.47 Å². The Balaban J connectivity index is 2.55. The number of esters is 1. The van der Waals surface area contributed by atoms with E-state index >= 15 is 0 Å². The van der Waals surface area contributed by atoms with E-state index in [1.807, 2.05) is 0 Å². The second-order valence-corrected chi connectivity index (χ2v) is 5.70. The normalized spacial score (nSPS) is 22.9. The van der Waals surface area contributed by atoms with Gasteiger partial charge in [-0.15, -0.1) is 0 Å². The highest BCUT2D eigenvalue weighted by Gasteiger charge is 2.58. The zero-order valence-corrected chi connectivity index (χ0v) is 13.3. The second kappa shape index (κ2) is 9.17. The Bertz CT molecular complexity index is 305. The summed E-state index contributed by atoms with van der Waals surface area (Å²) in [6.07, 6.45) is 13.8. The van der Waals surface area contributed by atoms with Gasteiger partial charge in [0.2, 0.25) is 0 Å². The molecule has 0 amide bonds. The number of hydrogen-bond acceptors (Lipinski definition) is 3. The summed E-state index contributed by atoms with van der Waals surface area (Å²) in [6, 6.07) is 0. The van der Waals surface area contributed by atoms with Gasteiger partial charge in [0, 0.05) is 5.92 Å². The Morgan fingerprint density at radius 1 is 1.25 bits per heavy atom. The lowest BCUT2D eigenvalue weighted by Crippen LogP contribution is -2.34. The first kappa shape index (κ1) is 17.2. The van der Waals surface area contributed by atoms with Gasteiger partial charge in [-0.05, 0) is 12.8 Å². The average Bonchev–Trinajstić information content (AvgIpc) is 3.26. The Kier molecular flexibility index (Phi) is 7.90. The molecule has 2 unspecified atom stereocenters. The number of unbranched alkanes of at least 4 members (excludes halogenated alkanes) is 5. The van der Waals surface area contributed by atoms with Crippen molar-refractivity contribution in [3.8, 4) is 0 Å². The zero-order chi connectivity index (χ0) is 14.8. The zero-order valence-electron chi connectivity index (χ0n) is 13.3. The summed E-state index contributed by atoms with van der Waals surface area (Å²) in [5.41, 5.74) is -0.677. The number of epoxide rings is 1. The number of carbonyl (C=O) groups excluding carboxylic acids is 1. The lowest BCUT2D eigenvalue weighted by Gasteiger charge is -2.19. The molecule has 1 heterocycles. The second-order valence-electron chi connectivity index (χ2n) is 5.70. The highest BCUT2D eigenvalue weighted by atomic mass is 16.6. The minimum atomic E-state index is -0.677. The van der Waals surface area contributed by atoms with E-state index in [9.17, 15) is 4.79 Å². The maximum absolute atomic E-state index is 11.9. The van der Waals surface area contributed by atoms with E-state index in [-0.39, 0.29) is 11.9 Å². The van der Waals surface area contributed by atoms with Gasteiger partial charge in [-0.1, -0.05) is 64.5 Å². The highest BCUT2D eigenvalue weighted by molar-refractivity contribution is 5.83. The lowest BCUT2D eigenvalue weighted by molar-refractivity contribution is -0.148. The molecule has 0 aromatic heterocycles. The van der Waals surface area contributed by atoms with Crippen molar-refractivity contribution in [2.24, 2.45) is 5.92 Å². The van der Waals surface area contributed by atoms with Crippen LogP contribution in [0.15, 0.2) is 12.2 Å². The molecule has 0 aliphatic carbocycles. The molecule has 0 bridgehead atoms. The van der Waals surface area contributed by atoms with E-state index in [4.69, 9.17) is 9.47 Å². The fraction of sp³-hybridized carbons (Fsp3) is 0.824. The molecule has 0 spiro atoms. The number of hydrogen-bond donors (Lipinski definition) is 0. The Hall–Kier alpha value is -0.830. The Morgan fingerprint density at radius 3 is 2.50 bits per heavy atom. The molecule has 1 aliphatic rings. The largest absolute Gasteiger partial charge is 0.467 e. The van der Waals surface area contributed by atoms with E-state index in [1.165, 1.54) is 39.2 Å². The van der Waals surface area contributed by atoms with Crippen molar-refractivity contribution in [3.05, 3.63) is 12.2 Å². The lowest BCUT2D eigenvalue weighted by atomic mass is 9.87. The summed E-state index contributed by atoms with van der Waals surface area (Å²) in [7, 11) is 1.45. The first-order chi connectivity index (χ1) is 9.71. The summed E-state index contributed by atoms with van der Waals surface area (Å²) in [6.45, 7) is 4.91. The molecule has 1 fully saturated rings. The van der Waals surface area contributed by atoms with E-state index in [0.29, 0.717) is 6.61 Å². The van der Waals surface area contributed by atoms with Crippen molar-refractivity contribution >= 4 is 5.97 Å². The van der Waals surface area contributed by atoms with Crippen LogP contribution in [-0.4, -0.2) is 25.3 Å². The van der Waals surface area contributed by atoms with Crippen LogP contribution in [0.1, 0.15) is 65.2 Å². The predicted molar refractivity (Wildman–Crippen MR) is 81.6 cm³/mol. The van der Waals surface area contributed by atoms with Crippen LogP contribution in [-0.2, 0) is 14.3 Å². The van der Waals surface area contributed by atoms with Crippen LogP contribution in [0.4, 0.5) is 0 Å². The summed E-state index contributed by atoms with van der Waals surface area (Å²) in [5.74, 6) is -0.0400. The van der Waals surface area contributed by atoms with Crippen LogP contribution in [0.25, 0.3) is 0 Å². The molecule has 0 radical (unpaired) electrons. The summed E-state index contributed by atoms with van der Waals surface area (Å²) in [5, 5.41) is 0. The fourth-order valence-electron chi connectivity index (χ4n) is 2.59. The molecule has 0 N–H and O–H groups in total. The Morgan fingerprint density at radius 2 is 1.95 bits per heavy atom. The molecule has 2 atom stereocenters. The van der Waals surface area contributed by atoms with E-state index in [2.05, 4.69) is 26.0 Å². The minimum absolute atomic E-state index is 0.170. The molecule has 0 aromatic rings. The number of carbonyl (C=O) groups is 1. The third-order valence-corrected chi connectivity index (χ3v) is 4.05. The monoisotopic (exact) mass is 282 g/mol. The van der Waals surface area contributed by atoms with Crippen molar-refractivity contribution in [1.29, 1.82) is 0 Å². The van der Waals surface area contributed by atoms with Gasteiger partial charge in [0.05, 0.1) is 13.7 Å². The standard InChI is InChI=1S/C17H30O3/c1-4-6-8-10-12-15(13-11-9-7-5-2)17(14-20-17)16(18)19-3/h10,12,15H,4-9,11,13-14H2,1-3H3/b12-10-. The van der Waals surface area contributed by atoms with Gasteiger partial charge >= 0.3 is 5.97 Å². The topological polar surface area (TPSA) is 38.8 Å². The summed E-state index contributed by atoms with van der Waals surface area (Å²) < 4.78 is 10.4. The minimum Gasteiger partial charge on any atom is -0.467 e. The molecule has 20 heavy (non-hydrogen) atoms. The number of methoxy groups -OCH3 is 1. The first-order valence-corrected chi connectivity index (χ1v) is 8.10. The van der Waals surface area contributed by atoms with Crippen molar-refractivity contribution in [3.63, 3.8) is 0 Å². The highest BCUT2D eigenvalue weighted by Crippen LogP contribution is 2.40. The van der Waals surface area contributed by atoms with Crippen LogP contribution >= 0.6 is 0 Å². The van der Waals surface area contributed by atoms with Crippen LogP contribution in [0, 0.1) is 5.92 Å². The third kappa shape index (κ3) is 4.93. The molecule has 0 saturated carbocycles. The third-order valence-electron chi connectivity index (χ3n) is 4.05. The molecule has 3 nitrogen and oxygen atoms in total. The summed E-state index contributed by atoms with van der Waals surface area (Å²) >= 11 is 0. The van der Waals surface area contributed by atoms with Crippen molar-refractivity contribution < 1.29 is 14.3 Å². The molecule has 3 heteroatoms. The SMILES string of the molecule is CCCC/C=C\C(CCCCCC)C1(C(=O)OC)CO1. The van der Waals surface area contributed by atoms with E-state index in [0.717, 1.165) is 19.3 Å². The molecular formula is C17H30O3. The smallest absolute Gasteiger partial charge is 0.341 e. The van der Waals surface area contributed by atoms with Crippen LogP contribution in [0.2, 0.25) is 0 Å². The van der Waals surface area contributed by atoms with E-state index < -0.39 is 5.60 Å². The van der Waals surface area contributed by atoms with Gasteiger partial charge in [-0.25, -0.2) is 4.79 Å². The number of allylic oxidation sites excluding steroid dienone is 1. The molecule has 1 saturated heterocycles. The summed E-state index contributed by atoms with van der Waals surface area (Å²) in [4.78, 5) is 11.9. The van der Waals surface area contributed by atoms with Crippen LogP contribution in [0.5, 0.6) is 0 Å². The molecule has 1 aliphatic heterocycles. The van der Waals surface area contributed by atoms with Gasteiger partial charge in [-0.2, -0.15) is 0 Å². The van der Waals surface area contributed by atoms with Crippen molar-refractivity contribution in [2.75, 3.05) is 13.7 Å². The van der Waals surface area contributed by atoms with Crippen molar-refractivity contribution in [1.82, 2.24) is 0 Å². The molecule has 116 valence electrons. The van der Waals surface area contributed by atoms with Gasteiger partial charge in [0.15, 0.2) is 5.60 Å². The number of ether oxygens (including phenoxy) is 2. The molecular weight excluding hydrogens is 252 g/mol. The maximum atomic E-state index is 11.9. The quantitative estimate of drug-likeness (QED) is 0.246. The maximum Gasteiger partial charge on any atom is 0.341 e. The predicted octanol–water partition coefficient (Wildman–Crippen LogP) is 4.26. The first-order valence-electron chi connectivity index (χ1n) is 8.10. The van der Waals surface area contributed by atoms with Crippen LogP contribution in [0.3, 0.4) is 0 Å². The van der Waals surface area contributed by atoms with Crippen LogP contribution < -0.4 is 0 Å². The van der Waals surface area contributed by atoms with Gasteiger partial charge in [0.1, 0.15) is 0 Å². The van der Waals surface area contributed by atoms with Crippen molar-refractivity contribution in [2.45, 2.75) is 70.8 Å². The van der Waals surface area contributed by atoms with Gasteiger partial charge in [-0.3, -0.25) is 0 Å².